The number of hydrogen-bond acceptors (Lipinski definition) is 6. The van der Waals surface area contributed by atoms with Gasteiger partial charge in [0.2, 0.25) is 5.91 Å². The van der Waals surface area contributed by atoms with Crippen molar-refractivity contribution in [2.75, 3.05) is 26.7 Å². The topological polar surface area (TPSA) is 109 Å². The third kappa shape index (κ3) is 2.40. The molecule has 2 aliphatic heterocycles. The van der Waals surface area contributed by atoms with E-state index in [1.807, 2.05) is 0 Å². The van der Waals surface area contributed by atoms with Gasteiger partial charge in [0, 0.05) is 18.5 Å². The second-order valence-electron chi connectivity index (χ2n) is 6.11. The van der Waals surface area contributed by atoms with Gasteiger partial charge in [-0.1, -0.05) is 12.1 Å². The number of methoxy groups -OCH3 is 1. The van der Waals surface area contributed by atoms with Crippen molar-refractivity contribution in [3.8, 4) is 5.75 Å². The predicted molar refractivity (Wildman–Crippen MR) is 89.0 cm³/mol. The van der Waals surface area contributed by atoms with Crippen LogP contribution in [0.3, 0.4) is 0 Å². The van der Waals surface area contributed by atoms with E-state index in [1.165, 1.54) is 18.1 Å². The molecule has 0 saturated carbocycles. The summed E-state index contributed by atoms with van der Waals surface area (Å²) in [6.07, 6.45) is 0. The van der Waals surface area contributed by atoms with Crippen LogP contribution in [0.25, 0.3) is 11.0 Å². The fraction of sp³-hybridized carbons (Fsp3) is 0.294. The van der Waals surface area contributed by atoms with E-state index in [2.05, 4.69) is 5.32 Å². The van der Waals surface area contributed by atoms with E-state index in [-0.39, 0.29) is 42.7 Å². The maximum Gasteiger partial charge on any atom is 0.349 e. The molecule has 9 nitrogen and oxygen atoms in total. The molecule has 0 bridgehead atoms. The highest BCUT2D eigenvalue weighted by Crippen LogP contribution is 2.26. The van der Waals surface area contributed by atoms with E-state index in [0.29, 0.717) is 11.1 Å². The second kappa shape index (κ2) is 5.87. The van der Waals surface area contributed by atoms with Crippen molar-refractivity contribution >= 4 is 28.8 Å². The molecule has 0 aliphatic carbocycles. The Morgan fingerprint density at radius 1 is 1.27 bits per heavy atom. The van der Waals surface area contributed by atoms with Crippen LogP contribution in [-0.4, -0.2) is 60.4 Å². The van der Waals surface area contributed by atoms with E-state index < -0.39 is 17.6 Å². The van der Waals surface area contributed by atoms with Gasteiger partial charge in [0.15, 0.2) is 11.3 Å². The van der Waals surface area contributed by atoms with Crippen LogP contribution in [0.4, 0.5) is 4.79 Å². The van der Waals surface area contributed by atoms with Crippen molar-refractivity contribution in [1.29, 1.82) is 0 Å². The van der Waals surface area contributed by atoms with Crippen LogP contribution in [0, 0.1) is 0 Å². The zero-order valence-corrected chi connectivity index (χ0v) is 13.9. The first kappa shape index (κ1) is 16.1. The fourth-order valence-corrected chi connectivity index (χ4v) is 3.19. The van der Waals surface area contributed by atoms with Gasteiger partial charge in [-0.15, -0.1) is 0 Å². The molecule has 9 heteroatoms. The second-order valence-corrected chi connectivity index (χ2v) is 6.11. The maximum atomic E-state index is 12.6. The normalized spacial score (nSPS) is 17.4. The molecule has 1 aromatic heterocycles. The molecule has 134 valence electrons. The third-order valence-electron chi connectivity index (χ3n) is 4.57. The Morgan fingerprint density at radius 2 is 2.04 bits per heavy atom. The summed E-state index contributed by atoms with van der Waals surface area (Å²) in [5.41, 5.74) is -0.579. The fourth-order valence-electron chi connectivity index (χ4n) is 3.19. The highest BCUT2D eigenvalue weighted by molar-refractivity contribution is 6.03. The molecule has 1 N–H and O–H groups in total. The van der Waals surface area contributed by atoms with Crippen LogP contribution in [0.5, 0.6) is 5.75 Å². The molecule has 2 aliphatic rings. The molecule has 26 heavy (non-hydrogen) atoms. The summed E-state index contributed by atoms with van der Waals surface area (Å²) in [7, 11) is 1.46. The Hall–Kier alpha value is -3.36. The first-order valence-electron chi connectivity index (χ1n) is 7.99. The standard InChI is InChI=1S/C17H15N3O6/c1-25-12-4-2-3-9-5-11(16(23)26-14(9)12)15(22)19-7-10(8-19)20-13(21)6-18-17(20)24/h2-5,10H,6-8H2,1H3,(H,18,24). The smallest absolute Gasteiger partial charge is 0.349 e. The van der Waals surface area contributed by atoms with Crippen LogP contribution in [0.15, 0.2) is 33.5 Å². The molecular weight excluding hydrogens is 342 g/mol. The number of urea groups is 1. The van der Waals surface area contributed by atoms with Crippen LogP contribution < -0.4 is 15.7 Å². The number of nitrogens with zero attached hydrogens (tertiary/aromatic N) is 2. The van der Waals surface area contributed by atoms with E-state index >= 15 is 0 Å². The molecule has 0 atom stereocenters. The minimum absolute atomic E-state index is 0.0284. The van der Waals surface area contributed by atoms with Gasteiger partial charge in [0.25, 0.3) is 5.91 Å². The Bertz CT molecular complexity index is 976. The van der Waals surface area contributed by atoms with Crippen LogP contribution in [0.2, 0.25) is 0 Å². The Balaban J connectivity index is 1.56. The average molecular weight is 357 g/mol. The summed E-state index contributed by atoms with van der Waals surface area (Å²) >= 11 is 0. The summed E-state index contributed by atoms with van der Waals surface area (Å²) in [5.74, 6) is -0.405. The minimum atomic E-state index is -0.759. The number of imide groups is 1. The predicted octanol–water partition coefficient (Wildman–Crippen LogP) is 0.178. The zero-order chi connectivity index (χ0) is 18.4. The molecule has 2 aromatic rings. The first-order chi connectivity index (χ1) is 12.5. The molecule has 2 saturated heterocycles. The third-order valence-corrected chi connectivity index (χ3v) is 4.57. The number of ether oxygens (including phenoxy) is 1. The number of hydrogen-bond donors (Lipinski definition) is 1. The molecule has 3 heterocycles. The number of amides is 4. The quantitative estimate of drug-likeness (QED) is 0.620. The summed E-state index contributed by atoms with van der Waals surface area (Å²) in [5, 5.41) is 3.01. The van der Waals surface area contributed by atoms with E-state index in [0.717, 1.165) is 4.90 Å². The monoisotopic (exact) mass is 357 g/mol. The summed E-state index contributed by atoms with van der Waals surface area (Å²) in [6, 6.07) is 5.74. The molecule has 0 spiro atoms. The molecular formula is C17H15N3O6. The first-order valence-corrected chi connectivity index (χ1v) is 7.99. The summed E-state index contributed by atoms with van der Waals surface area (Å²) in [6.45, 7) is 0.348. The number of para-hydroxylation sites is 1. The zero-order valence-electron chi connectivity index (χ0n) is 13.9. The van der Waals surface area contributed by atoms with Gasteiger partial charge in [-0.05, 0) is 12.1 Å². The summed E-state index contributed by atoms with van der Waals surface area (Å²) in [4.78, 5) is 50.7. The van der Waals surface area contributed by atoms with E-state index in [1.54, 1.807) is 18.2 Å². The lowest BCUT2D eigenvalue weighted by Gasteiger charge is -2.42. The van der Waals surface area contributed by atoms with Gasteiger partial charge in [-0.25, -0.2) is 9.59 Å². The molecule has 0 radical (unpaired) electrons. The molecule has 0 unspecified atom stereocenters. The van der Waals surface area contributed by atoms with Crippen LogP contribution >= 0.6 is 0 Å². The highest BCUT2D eigenvalue weighted by Gasteiger charge is 2.43. The van der Waals surface area contributed by atoms with E-state index in [4.69, 9.17) is 9.15 Å². The lowest BCUT2D eigenvalue weighted by atomic mass is 10.1. The molecule has 4 amide bonds. The Labute approximate surface area is 147 Å². The van der Waals surface area contributed by atoms with Crippen molar-refractivity contribution in [3.05, 3.63) is 40.2 Å². The number of rotatable bonds is 3. The lowest BCUT2D eigenvalue weighted by Crippen LogP contribution is -2.62. The Morgan fingerprint density at radius 3 is 2.69 bits per heavy atom. The minimum Gasteiger partial charge on any atom is -0.493 e. The highest BCUT2D eigenvalue weighted by atomic mass is 16.5. The van der Waals surface area contributed by atoms with Crippen LogP contribution in [-0.2, 0) is 4.79 Å². The summed E-state index contributed by atoms with van der Waals surface area (Å²) < 4.78 is 10.4. The van der Waals surface area contributed by atoms with Crippen molar-refractivity contribution < 1.29 is 23.5 Å². The molecule has 2 fully saturated rings. The number of carbonyl (C=O) groups is 3. The number of nitrogens with one attached hydrogen (secondary N) is 1. The number of benzene rings is 1. The van der Waals surface area contributed by atoms with Gasteiger partial charge in [0.1, 0.15) is 5.56 Å². The van der Waals surface area contributed by atoms with Crippen molar-refractivity contribution in [3.63, 3.8) is 0 Å². The van der Waals surface area contributed by atoms with E-state index in [9.17, 15) is 19.2 Å². The van der Waals surface area contributed by atoms with Crippen molar-refractivity contribution in [2.24, 2.45) is 0 Å². The number of fused-ring (bicyclic) bond motifs is 1. The van der Waals surface area contributed by atoms with Gasteiger partial charge < -0.3 is 19.4 Å². The molecule has 1 aromatic carbocycles. The van der Waals surface area contributed by atoms with Crippen molar-refractivity contribution in [2.45, 2.75) is 6.04 Å². The van der Waals surface area contributed by atoms with Gasteiger partial charge in [0.05, 0.1) is 19.7 Å². The lowest BCUT2D eigenvalue weighted by molar-refractivity contribution is -0.128. The Kier molecular flexibility index (Phi) is 3.64. The SMILES string of the molecule is COc1cccc2cc(C(=O)N3CC(N4C(=O)CNC4=O)C3)c(=O)oc12. The van der Waals surface area contributed by atoms with Crippen molar-refractivity contribution in [1.82, 2.24) is 15.1 Å². The van der Waals surface area contributed by atoms with Gasteiger partial charge >= 0.3 is 11.7 Å². The maximum absolute atomic E-state index is 12.6. The number of carbonyl (C=O) groups excluding carboxylic acids is 3. The van der Waals surface area contributed by atoms with Crippen LogP contribution in [0.1, 0.15) is 10.4 Å². The average Bonchev–Trinajstić information content (AvgIpc) is 2.91. The molecule has 4 rings (SSSR count). The van der Waals surface area contributed by atoms with Gasteiger partial charge in [-0.2, -0.15) is 0 Å². The largest absolute Gasteiger partial charge is 0.493 e. The van der Waals surface area contributed by atoms with Gasteiger partial charge in [-0.3, -0.25) is 14.5 Å². The number of likely N-dealkylation sites (tertiary alicyclic amines) is 1.